The number of carbonyl (C=O) groups excluding carboxylic acids is 2. The summed E-state index contributed by atoms with van der Waals surface area (Å²) < 4.78 is 10.5. The Kier molecular flexibility index (Phi) is 6.18. The van der Waals surface area contributed by atoms with E-state index in [1.54, 1.807) is 32.3 Å². The van der Waals surface area contributed by atoms with Crippen LogP contribution >= 0.6 is 0 Å². The van der Waals surface area contributed by atoms with Gasteiger partial charge in [0.15, 0.2) is 0 Å². The van der Waals surface area contributed by atoms with Crippen LogP contribution in [-0.4, -0.2) is 42.1 Å². The van der Waals surface area contributed by atoms with Crippen molar-refractivity contribution >= 4 is 11.9 Å². The zero-order valence-electron chi connectivity index (χ0n) is 16.2. The Morgan fingerprint density at radius 3 is 2.46 bits per heavy atom. The Balaban J connectivity index is 2.74. The van der Waals surface area contributed by atoms with E-state index in [0.717, 1.165) is 17.0 Å². The van der Waals surface area contributed by atoms with Crippen molar-refractivity contribution in [3.63, 3.8) is 0 Å². The molecule has 1 aliphatic rings. The third-order valence-corrected chi connectivity index (χ3v) is 4.51. The first kappa shape index (κ1) is 19.7. The largest absolute Gasteiger partial charge is 0.466 e. The monoisotopic (exact) mass is 358 g/mol. The molecule has 1 aliphatic heterocycles. The second kappa shape index (κ2) is 8.17. The average Bonchev–Trinajstić information content (AvgIpc) is 2.62. The number of methoxy groups -OCH3 is 1. The lowest BCUT2D eigenvalue weighted by Crippen LogP contribution is -2.34. The number of rotatable bonds is 5. The molecule has 0 bridgehead atoms. The molecular formula is C20H26N2O4. The predicted octanol–water partition coefficient (Wildman–Crippen LogP) is 3.17. The highest BCUT2D eigenvalue weighted by atomic mass is 16.5. The van der Waals surface area contributed by atoms with Crippen LogP contribution in [0.15, 0.2) is 47.1 Å². The van der Waals surface area contributed by atoms with Gasteiger partial charge in [0, 0.05) is 30.8 Å². The van der Waals surface area contributed by atoms with Crippen LogP contribution in [-0.2, 0) is 19.1 Å². The molecule has 0 saturated heterocycles. The van der Waals surface area contributed by atoms with E-state index in [1.165, 1.54) is 7.11 Å². The van der Waals surface area contributed by atoms with E-state index in [-0.39, 0.29) is 6.10 Å². The van der Waals surface area contributed by atoms with E-state index in [1.807, 2.05) is 31.9 Å². The van der Waals surface area contributed by atoms with E-state index in [9.17, 15) is 9.59 Å². The fourth-order valence-corrected chi connectivity index (χ4v) is 3.28. The third kappa shape index (κ3) is 3.64. The zero-order chi connectivity index (χ0) is 19.4. The van der Waals surface area contributed by atoms with Gasteiger partial charge in [-0.3, -0.25) is 4.98 Å². The predicted molar refractivity (Wildman–Crippen MR) is 98.0 cm³/mol. The van der Waals surface area contributed by atoms with E-state index in [4.69, 9.17) is 9.47 Å². The summed E-state index contributed by atoms with van der Waals surface area (Å²) in [5, 5.41) is 0. The maximum atomic E-state index is 13.0. The SMILES string of the molecule is CCC1=C(C(=O)OC(C)C)C(c2cccnc2)C(C(=O)OC)=C(C)N1C. The minimum Gasteiger partial charge on any atom is -0.466 e. The van der Waals surface area contributed by atoms with Gasteiger partial charge in [0.2, 0.25) is 0 Å². The molecule has 0 saturated carbocycles. The number of allylic oxidation sites excluding steroid dienone is 2. The molecule has 1 unspecified atom stereocenters. The first-order chi connectivity index (χ1) is 12.3. The number of ether oxygens (including phenoxy) is 2. The Bertz CT molecular complexity index is 750. The highest BCUT2D eigenvalue weighted by Gasteiger charge is 2.40. The average molecular weight is 358 g/mol. The lowest BCUT2D eigenvalue weighted by Gasteiger charge is -2.36. The van der Waals surface area contributed by atoms with Crippen molar-refractivity contribution in [2.75, 3.05) is 14.2 Å². The molecule has 6 heteroatoms. The molecule has 0 radical (unpaired) electrons. The van der Waals surface area contributed by atoms with Crippen LogP contribution in [0.1, 0.15) is 45.6 Å². The summed E-state index contributed by atoms with van der Waals surface area (Å²) in [5.74, 6) is -1.46. The van der Waals surface area contributed by atoms with Crippen molar-refractivity contribution in [1.29, 1.82) is 0 Å². The Hall–Kier alpha value is -2.63. The van der Waals surface area contributed by atoms with Gasteiger partial charge >= 0.3 is 11.9 Å². The molecule has 2 rings (SSSR count). The van der Waals surface area contributed by atoms with Crippen molar-refractivity contribution in [2.24, 2.45) is 0 Å². The molecule has 0 spiro atoms. The molecule has 26 heavy (non-hydrogen) atoms. The second-order valence-corrected chi connectivity index (χ2v) is 6.44. The number of esters is 2. The quantitative estimate of drug-likeness (QED) is 0.753. The first-order valence-corrected chi connectivity index (χ1v) is 8.70. The highest BCUT2D eigenvalue weighted by Crippen LogP contribution is 2.42. The molecule has 1 aromatic heterocycles. The van der Waals surface area contributed by atoms with Crippen LogP contribution in [0.3, 0.4) is 0 Å². The fourth-order valence-electron chi connectivity index (χ4n) is 3.28. The van der Waals surface area contributed by atoms with Gasteiger partial charge in [0.05, 0.1) is 30.3 Å². The topological polar surface area (TPSA) is 68.7 Å². The normalized spacial score (nSPS) is 17.7. The van der Waals surface area contributed by atoms with Gasteiger partial charge in [-0.15, -0.1) is 0 Å². The summed E-state index contributed by atoms with van der Waals surface area (Å²) in [5.41, 5.74) is 3.22. The van der Waals surface area contributed by atoms with E-state index < -0.39 is 17.9 Å². The molecule has 0 aliphatic carbocycles. The number of carbonyl (C=O) groups is 2. The molecule has 0 fully saturated rings. The van der Waals surface area contributed by atoms with Crippen molar-refractivity contribution < 1.29 is 19.1 Å². The van der Waals surface area contributed by atoms with Crippen molar-refractivity contribution in [1.82, 2.24) is 9.88 Å². The van der Waals surface area contributed by atoms with E-state index in [0.29, 0.717) is 17.6 Å². The third-order valence-electron chi connectivity index (χ3n) is 4.51. The minimum absolute atomic E-state index is 0.262. The van der Waals surface area contributed by atoms with Gasteiger partial charge in [-0.1, -0.05) is 13.0 Å². The molecule has 0 N–H and O–H groups in total. The second-order valence-electron chi connectivity index (χ2n) is 6.44. The summed E-state index contributed by atoms with van der Waals surface area (Å²) in [6, 6.07) is 3.64. The van der Waals surface area contributed by atoms with Gasteiger partial charge in [-0.05, 0) is 38.8 Å². The van der Waals surface area contributed by atoms with E-state index >= 15 is 0 Å². The maximum absolute atomic E-state index is 13.0. The van der Waals surface area contributed by atoms with E-state index in [2.05, 4.69) is 4.98 Å². The highest BCUT2D eigenvalue weighted by molar-refractivity contribution is 5.99. The summed E-state index contributed by atoms with van der Waals surface area (Å²) in [4.78, 5) is 31.6. The van der Waals surface area contributed by atoms with Crippen LogP contribution in [0, 0.1) is 0 Å². The summed E-state index contributed by atoms with van der Waals surface area (Å²) >= 11 is 0. The lowest BCUT2D eigenvalue weighted by molar-refractivity contribution is -0.143. The van der Waals surface area contributed by atoms with Gasteiger partial charge in [-0.2, -0.15) is 0 Å². The Labute approximate surface area is 154 Å². The molecule has 2 heterocycles. The molecule has 0 aromatic carbocycles. The number of hydrogen-bond donors (Lipinski definition) is 0. The molecule has 140 valence electrons. The molecule has 6 nitrogen and oxygen atoms in total. The van der Waals surface area contributed by atoms with Crippen molar-refractivity contribution in [2.45, 2.75) is 46.1 Å². The van der Waals surface area contributed by atoms with Crippen molar-refractivity contribution in [3.05, 3.63) is 52.6 Å². The summed E-state index contributed by atoms with van der Waals surface area (Å²) in [6.07, 6.45) is 3.69. The lowest BCUT2D eigenvalue weighted by atomic mass is 9.80. The Morgan fingerprint density at radius 2 is 1.96 bits per heavy atom. The zero-order valence-corrected chi connectivity index (χ0v) is 16.2. The van der Waals surface area contributed by atoms with Gasteiger partial charge < -0.3 is 14.4 Å². The number of aromatic nitrogens is 1. The standard InChI is InChI=1S/C20H26N2O4/c1-7-15-18(20(24)26-12(2)3)17(14-9-8-10-21-11-14)16(19(23)25-6)13(4)22(15)5/h8-12,17H,7H2,1-6H3. The molecule has 1 aromatic rings. The van der Waals surface area contributed by atoms with Crippen LogP contribution in [0.25, 0.3) is 0 Å². The van der Waals surface area contributed by atoms with Crippen LogP contribution in [0.4, 0.5) is 0 Å². The summed E-state index contributed by atoms with van der Waals surface area (Å²) in [7, 11) is 3.19. The van der Waals surface area contributed by atoms with Crippen LogP contribution in [0.5, 0.6) is 0 Å². The number of pyridine rings is 1. The smallest absolute Gasteiger partial charge is 0.337 e. The molecule has 1 atom stereocenters. The van der Waals surface area contributed by atoms with Gasteiger partial charge in [0.25, 0.3) is 0 Å². The Morgan fingerprint density at radius 1 is 1.27 bits per heavy atom. The maximum Gasteiger partial charge on any atom is 0.337 e. The van der Waals surface area contributed by atoms with Gasteiger partial charge in [-0.25, -0.2) is 9.59 Å². The van der Waals surface area contributed by atoms with Gasteiger partial charge in [0.1, 0.15) is 0 Å². The van der Waals surface area contributed by atoms with Crippen molar-refractivity contribution in [3.8, 4) is 0 Å². The minimum atomic E-state index is -0.575. The summed E-state index contributed by atoms with van der Waals surface area (Å²) in [6.45, 7) is 7.44. The van der Waals surface area contributed by atoms with Crippen LogP contribution in [0.2, 0.25) is 0 Å². The number of hydrogen-bond acceptors (Lipinski definition) is 6. The molecular weight excluding hydrogens is 332 g/mol. The molecule has 0 amide bonds. The van der Waals surface area contributed by atoms with Crippen LogP contribution < -0.4 is 0 Å². The number of nitrogens with zero attached hydrogens (tertiary/aromatic N) is 2. The fraction of sp³-hybridized carbons (Fsp3) is 0.450. The first-order valence-electron chi connectivity index (χ1n) is 8.70.